The van der Waals surface area contributed by atoms with Gasteiger partial charge in [-0.25, -0.2) is 0 Å². The van der Waals surface area contributed by atoms with Crippen LogP contribution < -0.4 is 10.1 Å². The van der Waals surface area contributed by atoms with Crippen LogP contribution in [0.5, 0.6) is 11.6 Å². The maximum atomic E-state index is 12.2. The molecule has 0 aliphatic carbocycles. The number of aromatic hydroxyl groups is 1. The van der Waals surface area contributed by atoms with Gasteiger partial charge in [-0.05, 0) is 25.1 Å². The number of azo groups is 1. The van der Waals surface area contributed by atoms with Crippen molar-refractivity contribution in [3.63, 3.8) is 0 Å². The van der Waals surface area contributed by atoms with E-state index in [-0.39, 0.29) is 18.1 Å². The molecule has 0 atom stereocenters. The molecule has 0 fully saturated rings. The average molecular weight is 380 g/mol. The number of aryl methyl sites for hydroxylation is 1. The SMILES string of the molecule is CCn1c(O)c(N=NC(=O)CNC(=O)c2ccccc2OC)c2ccccc21. The summed E-state index contributed by atoms with van der Waals surface area (Å²) in [7, 11) is 1.46. The van der Waals surface area contributed by atoms with Crippen molar-refractivity contribution in [2.75, 3.05) is 13.7 Å². The fourth-order valence-electron chi connectivity index (χ4n) is 2.91. The van der Waals surface area contributed by atoms with Gasteiger partial charge in [0.05, 0.1) is 18.2 Å². The van der Waals surface area contributed by atoms with E-state index in [0.717, 1.165) is 5.52 Å². The number of benzene rings is 2. The van der Waals surface area contributed by atoms with Gasteiger partial charge in [-0.1, -0.05) is 30.3 Å². The van der Waals surface area contributed by atoms with Gasteiger partial charge >= 0.3 is 0 Å². The molecule has 144 valence electrons. The molecule has 2 aromatic carbocycles. The van der Waals surface area contributed by atoms with Gasteiger partial charge in [-0.2, -0.15) is 0 Å². The van der Waals surface area contributed by atoms with E-state index in [1.807, 2.05) is 25.1 Å². The number of para-hydroxylation sites is 2. The van der Waals surface area contributed by atoms with E-state index in [9.17, 15) is 14.7 Å². The Kier molecular flexibility index (Phi) is 5.69. The molecule has 0 bridgehead atoms. The normalized spacial score (nSPS) is 11.1. The lowest BCUT2D eigenvalue weighted by Gasteiger charge is -2.07. The highest BCUT2D eigenvalue weighted by molar-refractivity contribution is 5.99. The number of carbonyl (C=O) groups is 2. The molecule has 28 heavy (non-hydrogen) atoms. The highest BCUT2D eigenvalue weighted by Crippen LogP contribution is 2.38. The third-order valence-corrected chi connectivity index (χ3v) is 4.25. The highest BCUT2D eigenvalue weighted by atomic mass is 16.5. The maximum Gasteiger partial charge on any atom is 0.283 e. The first-order valence-electron chi connectivity index (χ1n) is 8.72. The molecular weight excluding hydrogens is 360 g/mol. The number of carbonyl (C=O) groups excluding carboxylic acids is 2. The van der Waals surface area contributed by atoms with Crippen LogP contribution >= 0.6 is 0 Å². The van der Waals surface area contributed by atoms with Crippen molar-refractivity contribution in [1.29, 1.82) is 0 Å². The van der Waals surface area contributed by atoms with Crippen LogP contribution in [0.25, 0.3) is 10.9 Å². The van der Waals surface area contributed by atoms with Crippen LogP contribution in [-0.4, -0.2) is 35.1 Å². The largest absolute Gasteiger partial charge is 0.496 e. The summed E-state index contributed by atoms with van der Waals surface area (Å²) in [5.74, 6) is -0.743. The summed E-state index contributed by atoms with van der Waals surface area (Å²) in [5.41, 5.74) is 1.34. The van der Waals surface area contributed by atoms with Crippen LogP contribution in [0.1, 0.15) is 17.3 Å². The Labute approximate surface area is 161 Å². The zero-order valence-corrected chi connectivity index (χ0v) is 15.5. The number of methoxy groups -OCH3 is 1. The molecule has 0 unspecified atom stereocenters. The van der Waals surface area contributed by atoms with Gasteiger partial charge in [-0.3, -0.25) is 9.59 Å². The molecule has 0 aliphatic heterocycles. The Hall–Kier alpha value is -3.68. The van der Waals surface area contributed by atoms with Crippen molar-refractivity contribution in [2.24, 2.45) is 10.2 Å². The zero-order valence-electron chi connectivity index (χ0n) is 15.5. The van der Waals surface area contributed by atoms with Crippen molar-refractivity contribution in [1.82, 2.24) is 9.88 Å². The topological polar surface area (TPSA) is 105 Å². The Balaban J connectivity index is 1.72. The van der Waals surface area contributed by atoms with E-state index in [2.05, 4.69) is 15.5 Å². The van der Waals surface area contributed by atoms with E-state index in [0.29, 0.717) is 23.2 Å². The summed E-state index contributed by atoms with van der Waals surface area (Å²) in [6.45, 7) is 2.12. The number of amides is 2. The van der Waals surface area contributed by atoms with Crippen molar-refractivity contribution in [3.8, 4) is 11.6 Å². The first-order chi connectivity index (χ1) is 13.6. The Bertz CT molecular complexity index is 1060. The third kappa shape index (κ3) is 3.71. The quantitative estimate of drug-likeness (QED) is 0.639. The van der Waals surface area contributed by atoms with Crippen LogP contribution in [0.3, 0.4) is 0 Å². The Morgan fingerprint density at radius 1 is 1.14 bits per heavy atom. The molecule has 0 aliphatic rings. The molecule has 2 amide bonds. The summed E-state index contributed by atoms with van der Waals surface area (Å²) in [6, 6.07) is 14.0. The van der Waals surface area contributed by atoms with Gasteiger partial charge in [0.2, 0.25) is 5.88 Å². The second kappa shape index (κ2) is 8.34. The minimum atomic E-state index is -0.643. The Morgan fingerprint density at radius 3 is 2.61 bits per heavy atom. The summed E-state index contributed by atoms with van der Waals surface area (Å²) in [4.78, 5) is 24.3. The van der Waals surface area contributed by atoms with Gasteiger partial charge in [0.15, 0.2) is 5.69 Å². The van der Waals surface area contributed by atoms with Crippen molar-refractivity contribution in [2.45, 2.75) is 13.5 Å². The van der Waals surface area contributed by atoms with E-state index < -0.39 is 11.8 Å². The lowest BCUT2D eigenvalue weighted by Crippen LogP contribution is -2.28. The molecule has 0 saturated heterocycles. The number of hydrogen-bond acceptors (Lipinski definition) is 5. The molecule has 0 spiro atoms. The molecular formula is C20H20N4O4. The number of nitrogens with zero attached hydrogens (tertiary/aromatic N) is 3. The maximum absolute atomic E-state index is 12.2. The Morgan fingerprint density at radius 2 is 1.86 bits per heavy atom. The second-order valence-electron chi connectivity index (χ2n) is 5.91. The first-order valence-corrected chi connectivity index (χ1v) is 8.72. The smallest absolute Gasteiger partial charge is 0.283 e. The van der Waals surface area contributed by atoms with Crippen molar-refractivity contribution >= 4 is 28.4 Å². The van der Waals surface area contributed by atoms with E-state index in [4.69, 9.17) is 4.74 Å². The van der Waals surface area contributed by atoms with Gasteiger partial charge in [0.1, 0.15) is 12.3 Å². The van der Waals surface area contributed by atoms with E-state index in [1.165, 1.54) is 7.11 Å². The van der Waals surface area contributed by atoms with Gasteiger partial charge in [0.25, 0.3) is 11.8 Å². The molecule has 0 saturated carbocycles. The fraction of sp³-hybridized carbons (Fsp3) is 0.200. The van der Waals surface area contributed by atoms with Crippen LogP contribution in [0.4, 0.5) is 5.69 Å². The average Bonchev–Trinajstić information content (AvgIpc) is 3.00. The summed E-state index contributed by atoms with van der Waals surface area (Å²) in [6.07, 6.45) is 0. The molecule has 8 nitrogen and oxygen atoms in total. The predicted molar refractivity (Wildman–Crippen MR) is 104 cm³/mol. The monoisotopic (exact) mass is 380 g/mol. The van der Waals surface area contributed by atoms with Crippen LogP contribution in [-0.2, 0) is 11.3 Å². The minimum Gasteiger partial charge on any atom is -0.496 e. The number of rotatable bonds is 6. The number of nitrogens with one attached hydrogen (secondary N) is 1. The minimum absolute atomic E-state index is 0.0571. The van der Waals surface area contributed by atoms with Gasteiger partial charge in [0, 0.05) is 11.9 Å². The number of fused-ring (bicyclic) bond motifs is 1. The zero-order chi connectivity index (χ0) is 20.1. The lowest BCUT2D eigenvalue weighted by atomic mass is 10.2. The van der Waals surface area contributed by atoms with E-state index >= 15 is 0 Å². The summed E-state index contributed by atoms with van der Waals surface area (Å²) in [5, 5.41) is 21.1. The fourth-order valence-corrected chi connectivity index (χ4v) is 2.91. The van der Waals surface area contributed by atoms with E-state index in [1.54, 1.807) is 34.9 Å². The van der Waals surface area contributed by atoms with Crippen molar-refractivity contribution in [3.05, 3.63) is 54.1 Å². The van der Waals surface area contributed by atoms with Crippen LogP contribution in [0.2, 0.25) is 0 Å². The number of aromatic nitrogens is 1. The van der Waals surface area contributed by atoms with Crippen LogP contribution in [0.15, 0.2) is 58.8 Å². The first kappa shape index (κ1) is 19.1. The van der Waals surface area contributed by atoms with Gasteiger partial charge < -0.3 is 19.7 Å². The predicted octanol–water partition coefficient (Wildman–Crippen LogP) is 3.42. The lowest BCUT2D eigenvalue weighted by molar-refractivity contribution is -0.117. The van der Waals surface area contributed by atoms with Gasteiger partial charge in [-0.15, -0.1) is 10.2 Å². The molecule has 1 aromatic heterocycles. The second-order valence-corrected chi connectivity index (χ2v) is 5.91. The third-order valence-electron chi connectivity index (χ3n) is 4.25. The number of ether oxygens (including phenoxy) is 1. The molecule has 1 heterocycles. The summed E-state index contributed by atoms with van der Waals surface area (Å²) >= 11 is 0. The molecule has 0 radical (unpaired) electrons. The molecule has 3 aromatic rings. The highest BCUT2D eigenvalue weighted by Gasteiger charge is 2.16. The molecule has 2 N–H and O–H groups in total. The number of hydrogen-bond donors (Lipinski definition) is 2. The molecule has 3 rings (SSSR count). The molecule has 8 heteroatoms. The standard InChI is InChI=1S/C20H20N4O4/c1-3-24-15-10-6-4-8-13(15)18(20(24)27)23-22-17(25)12-21-19(26)14-9-5-7-11-16(14)28-2/h4-11,27H,3,12H2,1-2H3,(H,21,26). The van der Waals surface area contributed by atoms with Crippen LogP contribution in [0, 0.1) is 0 Å². The van der Waals surface area contributed by atoms with Crippen molar-refractivity contribution < 1.29 is 19.4 Å². The summed E-state index contributed by atoms with van der Waals surface area (Å²) < 4.78 is 6.81.